The molecule has 0 atom stereocenters. The van der Waals surface area contributed by atoms with Gasteiger partial charge in [0.1, 0.15) is 0 Å². The molecule has 0 saturated heterocycles. The molecule has 0 aliphatic heterocycles. The van der Waals surface area contributed by atoms with Crippen LogP contribution in [0.1, 0.15) is 11.3 Å². The van der Waals surface area contributed by atoms with Gasteiger partial charge < -0.3 is 10.1 Å². The predicted molar refractivity (Wildman–Crippen MR) is 56.7 cm³/mol. The van der Waals surface area contributed by atoms with E-state index in [2.05, 4.69) is 26.2 Å². The number of halogens is 1. The van der Waals surface area contributed by atoms with E-state index in [0.29, 0.717) is 11.2 Å². The number of aryl methyl sites for hydroxylation is 1. The highest BCUT2D eigenvalue weighted by Crippen LogP contribution is 2.14. The maximum atomic E-state index is 10.9. The van der Waals surface area contributed by atoms with Crippen molar-refractivity contribution in [2.24, 2.45) is 0 Å². The molecule has 1 aromatic heterocycles. The van der Waals surface area contributed by atoms with Crippen LogP contribution >= 0.6 is 15.9 Å². The van der Waals surface area contributed by atoms with Crippen molar-refractivity contribution in [3.05, 3.63) is 23.4 Å². The van der Waals surface area contributed by atoms with E-state index in [1.54, 1.807) is 6.07 Å². The Morgan fingerprint density at radius 2 is 2.36 bits per heavy atom. The van der Waals surface area contributed by atoms with Crippen molar-refractivity contribution in [1.29, 1.82) is 0 Å². The molecule has 0 aliphatic carbocycles. The number of hydrogen-bond donors (Lipinski definition) is 1. The van der Waals surface area contributed by atoms with E-state index >= 15 is 0 Å². The molecule has 1 rings (SSSR count). The topological polar surface area (TPSA) is 51.2 Å². The lowest BCUT2D eigenvalue weighted by Gasteiger charge is -2.04. The molecular weight excluding hydrogens is 248 g/mol. The van der Waals surface area contributed by atoms with Gasteiger partial charge in [0.05, 0.1) is 0 Å². The summed E-state index contributed by atoms with van der Waals surface area (Å²) in [5.74, 6) is 0.318. The van der Waals surface area contributed by atoms with Crippen molar-refractivity contribution in [1.82, 2.24) is 10.3 Å². The minimum Gasteiger partial charge on any atom is -0.391 e. The number of aromatic nitrogens is 1. The summed E-state index contributed by atoms with van der Waals surface area (Å²) in [5.41, 5.74) is 1.84. The molecule has 0 spiro atoms. The average Bonchev–Trinajstić information content (AvgIpc) is 2.16. The molecule has 0 aromatic carbocycles. The lowest BCUT2D eigenvalue weighted by atomic mass is 10.2. The molecule has 1 N–H and O–H groups in total. The van der Waals surface area contributed by atoms with Gasteiger partial charge in [-0.1, -0.05) is 15.9 Å². The number of hydrogen-bond acceptors (Lipinski definition) is 3. The van der Waals surface area contributed by atoms with Gasteiger partial charge in [-0.3, -0.25) is 0 Å². The molecule has 0 radical (unpaired) electrons. The quantitative estimate of drug-likeness (QED) is 0.826. The zero-order valence-electron chi connectivity index (χ0n) is 8.00. The normalized spacial score (nSPS) is 9.64. The minimum absolute atomic E-state index is 0.318. The Kier molecular flexibility index (Phi) is 3.88. The molecule has 0 fully saturated rings. The van der Waals surface area contributed by atoms with E-state index in [-0.39, 0.29) is 0 Å². The molecular formula is C9H11BrN2O2. The highest BCUT2D eigenvalue weighted by molar-refractivity contribution is 9.08. The van der Waals surface area contributed by atoms with Crippen LogP contribution in [-0.2, 0) is 5.33 Å². The van der Waals surface area contributed by atoms with E-state index in [4.69, 9.17) is 4.74 Å². The van der Waals surface area contributed by atoms with Gasteiger partial charge in [-0.25, -0.2) is 9.78 Å². The zero-order chi connectivity index (χ0) is 10.6. The first-order valence-electron chi connectivity index (χ1n) is 4.09. The van der Waals surface area contributed by atoms with Crippen LogP contribution < -0.4 is 10.1 Å². The summed E-state index contributed by atoms with van der Waals surface area (Å²) < 4.78 is 4.90. The fourth-order valence-corrected chi connectivity index (χ4v) is 1.31. The minimum atomic E-state index is -0.511. The van der Waals surface area contributed by atoms with Crippen LogP contribution in [0.3, 0.4) is 0 Å². The zero-order valence-corrected chi connectivity index (χ0v) is 9.59. The molecule has 1 heterocycles. The van der Waals surface area contributed by atoms with Gasteiger partial charge in [-0.05, 0) is 18.6 Å². The number of ether oxygens (including phenoxy) is 1. The highest BCUT2D eigenvalue weighted by Gasteiger charge is 2.04. The van der Waals surface area contributed by atoms with Crippen LogP contribution in [-0.4, -0.2) is 18.1 Å². The number of amides is 1. The van der Waals surface area contributed by atoms with Crippen LogP contribution in [0.2, 0.25) is 0 Å². The number of rotatable bonds is 2. The summed E-state index contributed by atoms with van der Waals surface area (Å²) in [6.45, 7) is 1.85. The summed E-state index contributed by atoms with van der Waals surface area (Å²) in [6, 6.07) is 3.64. The number of carbonyl (C=O) groups is 1. The summed E-state index contributed by atoms with van der Waals surface area (Å²) in [5, 5.41) is 3.07. The molecule has 1 aromatic rings. The standard InChI is InChI=1S/C9H11BrN2O2/c1-6-3-7(5-10)4-8(12-6)14-9(13)11-2/h3-4H,5H2,1-2H3,(H,11,13). The number of nitrogens with zero attached hydrogens (tertiary/aromatic N) is 1. The van der Waals surface area contributed by atoms with Crippen molar-refractivity contribution in [3.8, 4) is 5.88 Å². The Morgan fingerprint density at radius 1 is 1.64 bits per heavy atom. The summed E-state index contributed by atoms with van der Waals surface area (Å²) >= 11 is 3.33. The largest absolute Gasteiger partial charge is 0.413 e. The molecule has 1 amide bonds. The second-order valence-electron chi connectivity index (χ2n) is 2.73. The Bertz CT molecular complexity index is 342. The lowest BCUT2D eigenvalue weighted by Crippen LogP contribution is -2.22. The van der Waals surface area contributed by atoms with Crippen LogP contribution in [0.15, 0.2) is 12.1 Å². The van der Waals surface area contributed by atoms with Crippen LogP contribution in [0, 0.1) is 6.92 Å². The molecule has 0 aliphatic rings. The van der Waals surface area contributed by atoms with Crippen molar-refractivity contribution in [2.45, 2.75) is 12.3 Å². The van der Waals surface area contributed by atoms with E-state index < -0.39 is 6.09 Å². The van der Waals surface area contributed by atoms with Crippen LogP contribution in [0.25, 0.3) is 0 Å². The summed E-state index contributed by atoms with van der Waals surface area (Å²) in [7, 11) is 1.50. The molecule has 5 heteroatoms. The smallest absolute Gasteiger partial charge is 0.391 e. The van der Waals surface area contributed by atoms with Crippen molar-refractivity contribution in [3.63, 3.8) is 0 Å². The van der Waals surface area contributed by atoms with Crippen molar-refractivity contribution in [2.75, 3.05) is 7.05 Å². The SMILES string of the molecule is CNC(=O)Oc1cc(CBr)cc(C)n1. The van der Waals surface area contributed by atoms with Crippen molar-refractivity contribution < 1.29 is 9.53 Å². The summed E-state index contributed by atoms with van der Waals surface area (Å²) in [6.07, 6.45) is -0.511. The van der Waals surface area contributed by atoms with E-state index in [0.717, 1.165) is 11.3 Å². The maximum Gasteiger partial charge on any atom is 0.413 e. The molecule has 0 saturated carbocycles. The molecule has 0 unspecified atom stereocenters. The Hall–Kier alpha value is -1.10. The van der Waals surface area contributed by atoms with Gasteiger partial charge in [0.15, 0.2) is 0 Å². The van der Waals surface area contributed by atoms with Gasteiger partial charge in [0.2, 0.25) is 5.88 Å². The van der Waals surface area contributed by atoms with Gasteiger partial charge in [0.25, 0.3) is 0 Å². The second-order valence-corrected chi connectivity index (χ2v) is 3.29. The third kappa shape index (κ3) is 2.99. The molecule has 14 heavy (non-hydrogen) atoms. The van der Waals surface area contributed by atoms with E-state index in [9.17, 15) is 4.79 Å². The van der Waals surface area contributed by atoms with Crippen LogP contribution in [0.5, 0.6) is 5.88 Å². The number of alkyl halides is 1. The predicted octanol–water partition coefficient (Wildman–Crippen LogP) is 2.00. The third-order valence-electron chi connectivity index (χ3n) is 1.55. The van der Waals surface area contributed by atoms with Gasteiger partial charge in [-0.15, -0.1) is 0 Å². The fourth-order valence-electron chi connectivity index (χ4n) is 0.982. The molecule has 0 bridgehead atoms. The Morgan fingerprint density at radius 3 is 2.93 bits per heavy atom. The second kappa shape index (κ2) is 4.95. The van der Waals surface area contributed by atoms with Gasteiger partial charge >= 0.3 is 6.09 Å². The summed E-state index contributed by atoms with van der Waals surface area (Å²) in [4.78, 5) is 15.0. The van der Waals surface area contributed by atoms with Crippen LogP contribution in [0.4, 0.5) is 4.79 Å². The number of carbonyl (C=O) groups excluding carboxylic acids is 1. The third-order valence-corrected chi connectivity index (χ3v) is 2.19. The Balaban J connectivity index is 2.86. The highest BCUT2D eigenvalue weighted by atomic mass is 79.9. The van der Waals surface area contributed by atoms with E-state index in [1.165, 1.54) is 7.05 Å². The van der Waals surface area contributed by atoms with Gasteiger partial charge in [0, 0.05) is 24.1 Å². The molecule has 76 valence electrons. The first kappa shape index (κ1) is 11.0. The number of pyridine rings is 1. The van der Waals surface area contributed by atoms with E-state index in [1.807, 2.05) is 13.0 Å². The first-order chi connectivity index (χ1) is 6.65. The molecule has 4 nitrogen and oxygen atoms in total. The monoisotopic (exact) mass is 258 g/mol. The fraction of sp³-hybridized carbons (Fsp3) is 0.333. The maximum absolute atomic E-state index is 10.9. The first-order valence-corrected chi connectivity index (χ1v) is 5.21. The number of nitrogens with one attached hydrogen (secondary N) is 1. The van der Waals surface area contributed by atoms with Gasteiger partial charge in [-0.2, -0.15) is 0 Å². The lowest BCUT2D eigenvalue weighted by molar-refractivity contribution is 0.201. The average molecular weight is 259 g/mol. The Labute approximate surface area is 90.8 Å². The van der Waals surface area contributed by atoms with Crippen molar-refractivity contribution >= 4 is 22.0 Å².